The van der Waals surface area contributed by atoms with Crippen LogP contribution in [0.15, 0.2) is 41.5 Å². The lowest BCUT2D eigenvalue weighted by atomic mass is 9.78. The minimum atomic E-state index is -1.04. The van der Waals surface area contributed by atoms with Crippen LogP contribution in [0.4, 0.5) is 14.5 Å². The van der Waals surface area contributed by atoms with Crippen molar-refractivity contribution in [3.05, 3.63) is 59.4 Å². The zero-order chi connectivity index (χ0) is 20.6. The average molecular weight is 387 g/mol. The molecule has 1 aliphatic rings. The van der Waals surface area contributed by atoms with Crippen LogP contribution in [0, 0.1) is 17.0 Å². The van der Waals surface area contributed by atoms with Crippen molar-refractivity contribution in [2.45, 2.75) is 19.9 Å². The number of hydrogen-bond donors (Lipinski definition) is 2. The Morgan fingerprint density at radius 1 is 1.25 bits per heavy atom. The molecule has 28 heavy (non-hydrogen) atoms. The number of aliphatic imine (C=N–C) groups is 1. The predicted octanol–water partition coefficient (Wildman–Crippen LogP) is 2.47. The number of amides is 2. The minimum Gasteiger partial charge on any atom is -0.369 e. The smallest absolute Gasteiger partial charge is 0.274 e. The highest BCUT2D eigenvalue weighted by Crippen LogP contribution is 2.42. The molecule has 1 aromatic heterocycles. The number of nitrogens with two attached hydrogens (primary N) is 1. The van der Waals surface area contributed by atoms with E-state index in [0.717, 1.165) is 12.3 Å². The van der Waals surface area contributed by atoms with Gasteiger partial charge in [-0.25, -0.2) is 18.8 Å². The third-order valence-corrected chi connectivity index (χ3v) is 4.65. The molecule has 2 heterocycles. The van der Waals surface area contributed by atoms with Crippen molar-refractivity contribution in [2.75, 3.05) is 12.4 Å². The Morgan fingerprint density at radius 2 is 1.96 bits per heavy atom. The number of nitrogens with zero attached hydrogens (tertiary/aromatic N) is 3. The number of aromatic nitrogens is 1. The van der Waals surface area contributed by atoms with E-state index >= 15 is 0 Å². The quantitative estimate of drug-likeness (QED) is 0.845. The van der Waals surface area contributed by atoms with E-state index in [1.54, 1.807) is 13.8 Å². The summed E-state index contributed by atoms with van der Waals surface area (Å²) in [5.74, 6) is -2.04. The minimum absolute atomic E-state index is 0.00402. The number of anilines is 1. The molecule has 3 rings (SSSR count). The Balaban J connectivity index is 1.94. The highest BCUT2D eigenvalue weighted by molar-refractivity contribution is 6.03. The molecule has 0 spiro atoms. The number of hydrogen-bond acceptors (Lipinski definition) is 5. The molecule has 1 atom stereocenters. The second-order valence-corrected chi connectivity index (χ2v) is 7.03. The van der Waals surface area contributed by atoms with Gasteiger partial charge in [0.25, 0.3) is 5.91 Å². The van der Waals surface area contributed by atoms with Crippen LogP contribution in [0.25, 0.3) is 0 Å². The number of carbonyl (C=O) groups is 2. The van der Waals surface area contributed by atoms with E-state index < -0.39 is 29.0 Å². The Kier molecular flexibility index (Phi) is 4.84. The van der Waals surface area contributed by atoms with Crippen molar-refractivity contribution in [3.8, 4) is 0 Å². The summed E-state index contributed by atoms with van der Waals surface area (Å²) >= 11 is 0. The monoisotopic (exact) mass is 387 g/mol. The summed E-state index contributed by atoms with van der Waals surface area (Å²) in [6, 6.07) is 5.43. The third-order valence-electron chi connectivity index (χ3n) is 4.65. The zero-order valence-electron chi connectivity index (χ0n) is 15.5. The highest BCUT2D eigenvalue weighted by atomic mass is 19.1. The standard InChI is InChI=1S/C19H19F2N5O2/c1-19(2)15(25-18(22)26(3)17(19)28)12-8-11(5-6-13(12)21)24-16(27)14-7-4-10(20)9-23-14/h4-9,15H,1-3H3,(H2,22,25)(H,24,27). The zero-order valence-corrected chi connectivity index (χ0v) is 15.5. The van der Waals surface area contributed by atoms with Crippen LogP contribution >= 0.6 is 0 Å². The molecule has 0 fully saturated rings. The van der Waals surface area contributed by atoms with Crippen molar-refractivity contribution < 1.29 is 18.4 Å². The van der Waals surface area contributed by atoms with E-state index in [-0.39, 0.29) is 28.8 Å². The molecule has 0 radical (unpaired) electrons. The fourth-order valence-electron chi connectivity index (χ4n) is 3.03. The van der Waals surface area contributed by atoms with Gasteiger partial charge in [-0.05, 0) is 44.2 Å². The van der Waals surface area contributed by atoms with Crippen LogP contribution in [0.5, 0.6) is 0 Å². The maximum atomic E-state index is 14.6. The van der Waals surface area contributed by atoms with E-state index in [0.29, 0.717) is 0 Å². The number of rotatable bonds is 3. The molecule has 9 heteroatoms. The molecule has 0 saturated heterocycles. The first-order valence-corrected chi connectivity index (χ1v) is 8.45. The van der Waals surface area contributed by atoms with Gasteiger partial charge in [-0.1, -0.05) is 0 Å². The fourth-order valence-corrected chi connectivity index (χ4v) is 3.03. The van der Waals surface area contributed by atoms with Crippen molar-refractivity contribution in [3.63, 3.8) is 0 Å². The molecule has 146 valence electrons. The Hall–Kier alpha value is -3.36. The van der Waals surface area contributed by atoms with Gasteiger partial charge in [0.2, 0.25) is 5.91 Å². The van der Waals surface area contributed by atoms with Crippen molar-refractivity contribution in [1.82, 2.24) is 9.88 Å². The molecule has 7 nitrogen and oxygen atoms in total. The molecule has 2 aromatic rings. The van der Waals surface area contributed by atoms with Gasteiger partial charge >= 0.3 is 0 Å². The number of benzene rings is 1. The van der Waals surface area contributed by atoms with E-state index in [4.69, 9.17) is 5.73 Å². The van der Waals surface area contributed by atoms with Gasteiger partial charge in [0.05, 0.1) is 17.7 Å². The lowest BCUT2D eigenvalue weighted by Gasteiger charge is -2.38. The van der Waals surface area contributed by atoms with E-state index in [1.807, 2.05) is 0 Å². The summed E-state index contributed by atoms with van der Waals surface area (Å²) in [7, 11) is 1.50. The third kappa shape index (κ3) is 3.42. The van der Waals surface area contributed by atoms with E-state index in [9.17, 15) is 18.4 Å². The largest absolute Gasteiger partial charge is 0.369 e. The molecule has 0 saturated carbocycles. The summed E-state index contributed by atoms with van der Waals surface area (Å²) in [5, 5.41) is 2.58. The molecule has 0 aliphatic carbocycles. The fraction of sp³-hybridized carbons (Fsp3) is 0.263. The van der Waals surface area contributed by atoms with Gasteiger partial charge < -0.3 is 11.1 Å². The summed E-state index contributed by atoms with van der Waals surface area (Å²) in [4.78, 5) is 34.0. The lowest BCUT2D eigenvalue weighted by Crippen LogP contribution is -2.51. The summed E-state index contributed by atoms with van der Waals surface area (Å²) < 4.78 is 27.5. The van der Waals surface area contributed by atoms with Crippen LogP contribution in [0.2, 0.25) is 0 Å². The molecular formula is C19H19F2N5O2. The van der Waals surface area contributed by atoms with Crippen LogP contribution in [-0.2, 0) is 4.79 Å². The van der Waals surface area contributed by atoms with Crippen molar-refractivity contribution >= 4 is 23.5 Å². The Morgan fingerprint density at radius 3 is 2.61 bits per heavy atom. The SMILES string of the molecule is CN1C(=O)C(C)(C)C(c2cc(NC(=O)c3ccc(F)cn3)ccc2F)N=C1N. The predicted molar refractivity (Wildman–Crippen MR) is 99.5 cm³/mol. The Bertz CT molecular complexity index is 973. The first-order valence-electron chi connectivity index (χ1n) is 8.45. The van der Waals surface area contributed by atoms with Crippen LogP contribution in [0.3, 0.4) is 0 Å². The summed E-state index contributed by atoms with van der Waals surface area (Å²) in [6.07, 6.45) is 0.926. The maximum Gasteiger partial charge on any atom is 0.274 e. The average Bonchev–Trinajstić information content (AvgIpc) is 2.65. The lowest BCUT2D eigenvalue weighted by molar-refractivity contribution is -0.137. The van der Waals surface area contributed by atoms with Gasteiger partial charge in [-0.3, -0.25) is 14.5 Å². The number of halogens is 2. The van der Waals surface area contributed by atoms with Gasteiger partial charge in [0.15, 0.2) is 5.96 Å². The van der Waals surface area contributed by atoms with Crippen molar-refractivity contribution in [2.24, 2.45) is 16.1 Å². The van der Waals surface area contributed by atoms with Gasteiger partial charge in [-0.15, -0.1) is 0 Å². The van der Waals surface area contributed by atoms with E-state index in [2.05, 4.69) is 15.3 Å². The molecule has 3 N–H and O–H groups in total. The Labute approximate surface area is 160 Å². The highest BCUT2D eigenvalue weighted by Gasteiger charge is 2.45. The molecule has 2 amide bonds. The van der Waals surface area contributed by atoms with Crippen LogP contribution < -0.4 is 11.1 Å². The second-order valence-electron chi connectivity index (χ2n) is 7.03. The van der Waals surface area contributed by atoms with Gasteiger partial charge in [0, 0.05) is 18.3 Å². The number of pyridine rings is 1. The maximum absolute atomic E-state index is 14.6. The number of nitrogens with one attached hydrogen (secondary N) is 1. The number of carbonyl (C=O) groups excluding carboxylic acids is 2. The summed E-state index contributed by atoms with van der Waals surface area (Å²) in [6.45, 7) is 3.30. The molecule has 0 bridgehead atoms. The van der Waals surface area contributed by atoms with Crippen LogP contribution in [0.1, 0.15) is 35.9 Å². The second kappa shape index (κ2) is 6.99. The molecule has 1 aliphatic heterocycles. The van der Waals surface area contributed by atoms with Crippen LogP contribution in [-0.4, -0.2) is 34.7 Å². The van der Waals surface area contributed by atoms with Crippen molar-refractivity contribution in [1.29, 1.82) is 0 Å². The topological polar surface area (TPSA) is 101 Å². The molecular weight excluding hydrogens is 368 g/mol. The first kappa shape index (κ1) is 19.4. The first-order chi connectivity index (χ1) is 13.1. The number of guanidine groups is 1. The summed E-state index contributed by atoms with van der Waals surface area (Å²) in [5.41, 5.74) is 5.17. The normalized spacial score (nSPS) is 18.6. The van der Waals surface area contributed by atoms with Gasteiger partial charge in [-0.2, -0.15) is 0 Å². The molecule has 1 aromatic carbocycles. The van der Waals surface area contributed by atoms with E-state index in [1.165, 1.54) is 36.2 Å². The van der Waals surface area contributed by atoms with Gasteiger partial charge in [0.1, 0.15) is 17.3 Å². The molecule has 1 unspecified atom stereocenters.